The molecule has 2 unspecified atom stereocenters. The Bertz CT molecular complexity index is 769. The Balaban J connectivity index is 2.01. The van der Waals surface area contributed by atoms with Gasteiger partial charge in [0.2, 0.25) is 0 Å². The number of hydroxylamine groups is 2. The van der Waals surface area contributed by atoms with Crippen molar-refractivity contribution in [3.63, 3.8) is 0 Å². The lowest BCUT2D eigenvalue weighted by atomic mass is 9.73. The van der Waals surface area contributed by atoms with Gasteiger partial charge in [0.15, 0.2) is 0 Å². The van der Waals surface area contributed by atoms with Crippen molar-refractivity contribution >= 4 is 11.6 Å². The average Bonchev–Trinajstić information content (AvgIpc) is 2.77. The van der Waals surface area contributed by atoms with Crippen LogP contribution in [0.25, 0.3) is 0 Å². The summed E-state index contributed by atoms with van der Waals surface area (Å²) in [5.74, 6) is 0.418. The summed E-state index contributed by atoms with van der Waals surface area (Å²) in [6, 6.07) is 19.2. The van der Waals surface area contributed by atoms with Crippen LogP contribution in [0.2, 0.25) is 0 Å². The highest BCUT2D eigenvalue weighted by Crippen LogP contribution is 2.57. The summed E-state index contributed by atoms with van der Waals surface area (Å²) in [7, 11) is 0. The Hall–Kier alpha value is -1.35. The van der Waals surface area contributed by atoms with Crippen molar-refractivity contribution in [3.8, 4) is 0 Å². The molecule has 0 bridgehead atoms. The second-order valence-electron chi connectivity index (χ2n) is 9.21. The molecule has 0 N–H and O–H groups in total. The minimum atomic E-state index is -0.219. The van der Waals surface area contributed by atoms with Gasteiger partial charge in [-0.25, -0.2) is 0 Å². The molecule has 0 saturated carbocycles. The Morgan fingerprint density at radius 1 is 0.963 bits per heavy atom. The Labute approximate surface area is 169 Å². The minimum absolute atomic E-state index is 0.0850. The van der Waals surface area contributed by atoms with Gasteiger partial charge in [0, 0.05) is 5.54 Å². The van der Waals surface area contributed by atoms with Crippen molar-refractivity contribution in [3.05, 3.63) is 71.3 Å². The van der Waals surface area contributed by atoms with E-state index in [0.717, 1.165) is 12.0 Å². The van der Waals surface area contributed by atoms with Crippen molar-refractivity contribution in [2.45, 2.75) is 65.1 Å². The van der Waals surface area contributed by atoms with Crippen LogP contribution in [0, 0.1) is 12.3 Å². The van der Waals surface area contributed by atoms with E-state index in [-0.39, 0.29) is 22.6 Å². The van der Waals surface area contributed by atoms with E-state index in [4.69, 9.17) is 16.4 Å². The molecule has 0 radical (unpaired) electrons. The van der Waals surface area contributed by atoms with Crippen LogP contribution in [0.15, 0.2) is 54.6 Å². The monoisotopic (exact) mass is 385 g/mol. The zero-order valence-corrected chi connectivity index (χ0v) is 18.2. The van der Waals surface area contributed by atoms with Gasteiger partial charge in [-0.15, -0.1) is 11.6 Å². The fourth-order valence-electron chi connectivity index (χ4n) is 4.39. The van der Waals surface area contributed by atoms with Gasteiger partial charge in [-0.1, -0.05) is 74.0 Å². The van der Waals surface area contributed by atoms with E-state index in [1.807, 2.05) is 0 Å². The minimum Gasteiger partial charge on any atom is -0.288 e. The standard InChI is InChI=1S/C24H32ClNO/c1-18-12-14-19(15-13-18)21(16-25)27-26-23(4,5)22(2,3)17-24(26,6)20-10-8-7-9-11-20/h7-15,21H,16-17H2,1-6H3. The summed E-state index contributed by atoms with van der Waals surface area (Å²) in [5, 5.41) is 2.22. The van der Waals surface area contributed by atoms with Gasteiger partial charge < -0.3 is 0 Å². The molecule has 1 fully saturated rings. The molecule has 3 rings (SSSR count). The molecular formula is C24H32ClNO. The topological polar surface area (TPSA) is 12.5 Å². The number of halogens is 1. The number of benzene rings is 2. The summed E-state index contributed by atoms with van der Waals surface area (Å²) in [6.45, 7) is 13.6. The number of nitrogens with zero attached hydrogens (tertiary/aromatic N) is 1. The second kappa shape index (κ2) is 7.24. The molecular weight excluding hydrogens is 354 g/mol. The lowest BCUT2D eigenvalue weighted by Crippen LogP contribution is -2.51. The quantitative estimate of drug-likeness (QED) is 0.535. The number of rotatable bonds is 5. The van der Waals surface area contributed by atoms with E-state index in [2.05, 4.69) is 101 Å². The molecule has 2 aromatic carbocycles. The molecule has 0 amide bonds. The maximum absolute atomic E-state index is 6.71. The first-order chi connectivity index (χ1) is 12.6. The van der Waals surface area contributed by atoms with E-state index in [1.54, 1.807) is 0 Å². The molecule has 146 valence electrons. The SMILES string of the molecule is Cc1ccc(C(CCl)ON2C(C)(c3ccccc3)CC(C)(C)C2(C)C)cc1. The van der Waals surface area contributed by atoms with Crippen LogP contribution < -0.4 is 0 Å². The van der Waals surface area contributed by atoms with Crippen LogP contribution in [-0.4, -0.2) is 16.5 Å². The van der Waals surface area contributed by atoms with E-state index < -0.39 is 0 Å². The third-order valence-corrected chi connectivity index (χ3v) is 6.90. The van der Waals surface area contributed by atoms with Crippen molar-refractivity contribution in [2.24, 2.45) is 5.41 Å². The van der Waals surface area contributed by atoms with Gasteiger partial charge in [0.05, 0.1) is 11.4 Å². The van der Waals surface area contributed by atoms with Gasteiger partial charge >= 0.3 is 0 Å². The molecule has 1 aliphatic rings. The van der Waals surface area contributed by atoms with Crippen LogP contribution >= 0.6 is 11.6 Å². The zero-order chi connectivity index (χ0) is 19.9. The van der Waals surface area contributed by atoms with E-state index >= 15 is 0 Å². The predicted molar refractivity (Wildman–Crippen MR) is 114 cm³/mol. The summed E-state index contributed by atoms with van der Waals surface area (Å²) < 4.78 is 0. The third-order valence-electron chi connectivity index (χ3n) is 6.62. The summed E-state index contributed by atoms with van der Waals surface area (Å²) >= 11 is 6.37. The molecule has 0 aromatic heterocycles. The smallest absolute Gasteiger partial charge is 0.118 e. The average molecular weight is 386 g/mol. The number of alkyl halides is 1. The normalized spacial score (nSPS) is 25.4. The van der Waals surface area contributed by atoms with Crippen molar-refractivity contribution in [2.75, 3.05) is 5.88 Å². The maximum atomic E-state index is 6.71. The van der Waals surface area contributed by atoms with Gasteiger partial charge in [-0.05, 0) is 50.7 Å². The van der Waals surface area contributed by atoms with E-state index in [0.29, 0.717) is 5.88 Å². The largest absolute Gasteiger partial charge is 0.288 e. The van der Waals surface area contributed by atoms with Crippen LogP contribution in [0.5, 0.6) is 0 Å². The molecule has 2 atom stereocenters. The van der Waals surface area contributed by atoms with Crippen molar-refractivity contribution in [1.29, 1.82) is 0 Å². The van der Waals surface area contributed by atoms with E-state index in [9.17, 15) is 0 Å². The van der Waals surface area contributed by atoms with Crippen LogP contribution in [0.4, 0.5) is 0 Å². The van der Waals surface area contributed by atoms with Gasteiger partial charge in [0.1, 0.15) is 6.10 Å². The zero-order valence-electron chi connectivity index (χ0n) is 17.4. The molecule has 1 aliphatic heterocycles. The Kier molecular flexibility index (Phi) is 5.46. The molecule has 2 aromatic rings. The van der Waals surface area contributed by atoms with Crippen LogP contribution in [0.1, 0.15) is 63.8 Å². The number of hydrogen-bond acceptors (Lipinski definition) is 2. The van der Waals surface area contributed by atoms with Gasteiger partial charge in [0.25, 0.3) is 0 Å². The lowest BCUT2D eigenvalue weighted by Gasteiger charge is -2.45. The molecule has 0 aliphatic carbocycles. The highest BCUT2D eigenvalue weighted by molar-refractivity contribution is 6.18. The summed E-state index contributed by atoms with van der Waals surface area (Å²) in [4.78, 5) is 6.71. The first-order valence-corrected chi connectivity index (χ1v) is 10.3. The van der Waals surface area contributed by atoms with Gasteiger partial charge in [-0.2, -0.15) is 5.06 Å². The fourth-order valence-corrected chi connectivity index (χ4v) is 4.63. The highest BCUT2D eigenvalue weighted by atomic mass is 35.5. The first-order valence-electron chi connectivity index (χ1n) is 9.77. The molecule has 1 saturated heterocycles. The second-order valence-corrected chi connectivity index (χ2v) is 9.52. The number of hydrogen-bond donors (Lipinski definition) is 0. The predicted octanol–water partition coefficient (Wildman–Crippen LogP) is 6.63. The van der Waals surface area contributed by atoms with E-state index in [1.165, 1.54) is 11.1 Å². The summed E-state index contributed by atoms with van der Waals surface area (Å²) in [6.07, 6.45) is 0.836. The third kappa shape index (κ3) is 3.55. The van der Waals surface area contributed by atoms with Crippen molar-refractivity contribution < 1.29 is 4.84 Å². The summed E-state index contributed by atoms with van der Waals surface area (Å²) in [5.41, 5.74) is 3.36. The molecule has 1 heterocycles. The maximum Gasteiger partial charge on any atom is 0.118 e. The van der Waals surface area contributed by atoms with Gasteiger partial charge in [-0.3, -0.25) is 4.84 Å². The Morgan fingerprint density at radius 2 is 1.56 bits per heavy atom. The highest BCUT2D eigenvalue weighted by Gasteiger charge is 2.60. The Morgan fingerprint density at radius 3 is 2.11 bits per heavy atom. The van der Waals surface area contributed by atoms with Crippen LogP contribution in [-0.2, 0) is 10.4 Å². The first kappa shape index (κ1) is 20.4. The lowest BCUT2D eigenvalue weighted by molar-refractivity contribution is -0.280. The molecule has 27 heavy (non-hydrogen) atoms. The molecule has 3 heteroatoms. The number of aryl methyl sites for hydroxylation is 1. The fraction of sp³-hybridized carbons (Fsp3) is 0.500. The van der Waals surface area contributed by atoms with Crippen LogP contribution in [0.3, 0.4) is 0 Å². The molecule has 0 spiro atoms. The molecule has 2 nitrogen and oxygen atoms in total. The van der Waals surface area contributed by atoms with Crippen molar-refractivity contribution in [1.82, 2.24) is 5.06 Å².